The molecule has 15 heteroatoms. The Morgan fingerprint density at radius 3 is 1.58 bits per heavy atom. The van der Waals surface area contributed by atoms with Crippen molar-refractivity contribution in [1.29, 1.82) is 0 Å². The van der Waals surface area contributed by atoms with Gasteiger partial charge in [0.15, 0.2) is 28.6 Å². The summed E-state index contributed by atoms with van der Waals surface area (Å²) in [6.45, 7) is 1.33. The second kappa shape index (κ2) is 12.0. The molecule has 0 amide bonds. The summed E-state index contributed by atoms with van der Waals surface area (Å²) in [6, 6.07) is 11.0. The third kappa shape index (κ3) is 4.60. The number of fused-ring (bicyclic) bond motifs is 4. The number of rotatable bonds is 6. The van der Waals surface area contributed by atoms with Crippen LogP contribution in [0, 0.1) is 23.7 Å². The number of furan rings is 2. The van der Waals surface area contributed by atoms with Gasteiger partial charge in [-0.2, -0.15) is 9.03 Å². The fourth-order valence-corrected chi connectivity index (χ4v) is 10.3. The molecule has 4 aliphatic rings. The maximum Gasteiger partial charge on any atom is 0.223 e. The van der Waals surface area contributed by atoms with E-state index in [0.29, 0.717) is 70.8 Å². The van der Waals surface area contributed by atoms with Gasteiger partial charge in [0.2, 0.25) is 23.5 Å². The molecule has 15 nitrogen and oxygen atoms in total. The van der Waals surface area contributed by atoms with Crippen LogP contribution in [0.25, 0.3) is 34.5 Å². The lowest BCUT2D eigenvalue weighted by Gasteiger charge is -2.56. The number of ketones is 1. The van der Waals surface area contributed by atoms with Crippen LogP contribution in [0.4, 0.5) is 11.9 Å². The fourth-order valence-electron chi connectivity index (χ4n) is 10.3. The van der Waals surface area contributed by atoms with Gasteiger partial charge < -0.3 is 20.3 Å². The van der Waals surface area contributed by atoms with Crippen LogP contribution in [0.3, 0.4) is 0 Å². The Hall–Kier alpha value is -5.15. The first kappa shape index (κ1) is 31.6. The third-order valence-corrected chi connectivity index (χ3v) is 12.5. The van der Waals surface area contributed by atoms with Gasteiger partial charge in [-0.3, -0.25) is 15.4 Å². The van der Waals surface area contributed by atoms with E-state index in [9.17, 15) is 0 Å². The topological polar surface area (TPSA) is 206 Å². The molecule has 8 heterocycles. The number of hydrogen-bond donors (Lipinski definition) is 4. The van der Waals surface area contributed by atoms with Crippen LogP contribution >= 0.6 is 0 Å². The fraction of sp³-hybridized carbons (Fsp3) is 0.486. The molecule has 6 aromatic rings. The molecule has 10 rings (SSSR count). The summed E-state index contributed by atoms with van der Waals surface area (Å²) in [7, 11) is 0. The van der Waals surface area contributed by atoms with Crippen molar-refractivity contribution in [3.8, 4) is 23.2 Å². The lowest BCUT2D eigenvalue weighted by Crippen LogP contribution is -2.72. The number of Topliss-reactive ketones (excluding diaryl/α,β-unsaturated/α-hetero) is 1. The van der Waals surface area contributed by atoms with E-state index in [2.05, 4.69) is 20.8 Å². The minimum atomic E-state index is -1.20. The Morgan fingerprint density at radius 2 is 1.13 bits per heavy atom. The Balaban J connectivity index is 1.20. The summed E-state index contributed by atoms with van der Waals surface area (Å²) in [5, 5.41) is 16.9. The predicted molar refractivity (Wildman–Crippen MR) is 190 cm³/mol. The van der Waals surface area contributed by atoms with Crippen LogP contribution in [0.2, 0.25) is 0 Å². The Kier molecular flexibility index (Phi) is 7.26. The molecule has 6 N–H and O–H groups in total. The molecule has 52 heavy (non-hydrogen) atoms. The van der Waals surface area contributed by atoms with Crippen molar-refractivity contribution in [2.24, 2.45) is 23.7 Å². The Bertz CT molecular complexity index is 2120. The molecule has 6 aromatic heterocycles. The first-order valence-corrected chi connectivity index (χ1v) is 18.7. The molecule has 6 atom stereocenters. The van der Waals surface area contributed by atoms with Gasteiger partial charge in [0.25, 0.3) is 0 Å². The van der Waals surface area contributed by atoms with Crippen LogP contribution in [0.15, 0.2) is 57.8 Å². The molecular formula is C37H42N12O3. The van der Waals surface area contributed by atoms with E-state index in [1.54, 1.807) is 36.8 Å². The monoisotopic (exact) mass is 702 g/mol. The number of nitrogens with zero attached hydrogens (tertiary/aromatic N) is 8. The number of carbonyl (C=O) groups is 1. The molecule has 2 aliphatic heterocycles. The van der Waals surface area contributed by atoms with E-state index in [0.717, 1.165) is 64.2 Å². The van der Waals surface area contributed by atoms with Gasteiger partial charge in [-0.1, -0.05) is 38.5 Å². The number of anilines is 2. The van der Waals surface area contributed by atoms with Crippen molar-refractivity contribution < 1.29 is 13.6 Å². The van der Waals surface area contributed by atoms with E-state index < -0.39 is 11.1 Å². The lowest BCUT2D eigenvalue weighted by atomic mass is 9.54. The van der Waals surface area contributed by atoms with Gasteiger partial charge in [-0.05, 0) is 86.7 Å². The molecule has 2 aliphatic carbocycles. The molecule has 0 bridgehead atoms. The van der Waals surface area contributed by atoms with E-state index in [-0.39, 0.29) is 29.5 Å². The molecule has 0 spiro atoms. The van der Waals surface area contributed by atoms with Crippen LogP contribution < -0.4 is 22.1 Å². The van der Waals surface area contributed by atoms with Crippen LogP contribution in [-0.4, -0.2) is 58.0 Å². The minimum Gasteiger partial charge on any atom is -0.461 e. The first-order valence-electron chi connectivity index (χ1n) is 18.7. The number of nitrogens with two attached hydrogens (primary N) is 2. The average molecular weight is 703 g/mol. The Labute approximate surface area is 299 Å². The van der Waals surface area contributed by atoms with Crippen molar-refractivity contribution in [3.63, 3.8) is 0 Å². The van der Waals surface area contributed by atoms with Crippen molar-refractivity contribution in [2.45, 2.75) is 75.3 Å². The summed E-state index contributed by atoms with van der Waals surface area (Å²) in [5.74, 6) is 2.80. The normalized spacial score (nSPS) is 29.2. The highest BCUT2D eigenvalue weighted by Crippen LogP contribution is 2.54. The van der Waals surface area contributed by atoms with E-state index in [4.69, 9.17) is 40.2 Å². The smallest absolute Gasteiger partial charge is 0.223 e. The van der Waals surface area contributed by atoms with Crippen molar-refractivity contribution in [2.75, 3.05) is 24.6 Å². The zero-order valence-electron chi connectivity index (χ0n) is 28.9. The summed E-state index contributed by atoms with van der Waals surface area (Å²) in [4.78, 5) is 36.3. The van der Waals surface area contributed by atoms with E-state index >= 15 is 4.79 Å². The van der Waals surface area contributed by atoms with Gasteiger partial charge in [0, 0.05) is 12.1 Å². The molecule has 0 radical (unpaired) electrons. The second-order valence-corrected chi connectivity index (χ2v) is 15.0. The highest BCUT2D eigenvalue weighted by molar-refractivity contribution is 5.99. The zero-order chi connectivity index (χ0) is 35.0. The highest BCUT2D eigenvalue weighted by Gasteiger charge is 2.64. The largest absolute Gasteiger partial charge is 0.461 e. The molecule has 2 saturated carbocycles. The number of piperidine rings is 2. The molecule has 4 fully saturated rings. The zero-order valence-corrected chi connectivity index (χ0v) is 28.9. The van der Waals surface area contributed by atoms with E-state index in [1.165, 1.54) is 9.03 Å². The summed E-state index contributed by atoms with van der Waals surface area (Å²) < 4.78 is 14.3. The SMILES string of the molecule is Nc1nc(C2(C(=O)C3(c4cc5nc(-c6ccco6)nn5c(N)n4)NCC[C@@H]4CCCC[C@H]43)NCC[C@@H]3CCCC[C@H]32)cc2nc(-c3ccco3)nn12. The maximum atomic E-state index is 16.6. The number of hydrogen-bond acceptors (Lipinski definition) is 13. The van der Waals surface area contributed by atoms with Crippen LogP contribution in [0.1, 0.15) is 75.6 Å². The van der Waals surface area contributed by atoms with Gasteiger partial charge in [0.05, 0.1) is 23.9 Å². The van der Waals surface area contributed by atoms with Crippen molar-refractivity contribution in [3.05, 3.63) is 60.3 Å². The highest BCUT2D eigenvalue weighted by atomic mass is 16.3. The number of nitrogen functional groups attached to an aromatic ring is 2. The molecule has 0 aromatic carbocycles. The summed E-state index contributed by atoms with van der Waals surface area (Å²) >= 11 is 0. The quantitative estimate of drug-likeness (QED) is 0.189. The van der Waals surface area contributed by atoms with Gasteiger partial charge in [0.1, 0.15) is 11.1 Å². The maximum absolute atomic E-state index is 16.6. The summed E-state index contributed by atoms with van der Waals surface area (Å²) in [5.41, 5.74) is 13.2. The third-order valence-electron chi connectivity index (χ3n) is 12.5. The number of carbonyl (C=O) groups excluding carboxylic acids is 1. The molecule has 2 saturated heterocycles. The molecular weight excluding hydrogens is 660 g/mol. The van der Waals surface area contributed by atoms with E-state index in [1.807, 2.05) is 12.1 Å². The van der Waals surface area contributed by atoms with Gasteiger partial charge >= 0.3 is 0 Å². The minimum absolute atomic E-state index is 0.0113. The number of aromatic nitrogens is 8. The van der Waals surface area contributed by atoms with Gasteiger partial charge in [-0.25, -0.2) is 19.9 Å². The second-order valence-electron chi connectivity index (χ2n) is 15.0. The number of nitrogens with one attached hydrogen (secondary N) is 2. The predicted octanol–water partition coefficient (Wildman–Crippen LogP) is 4.51. The van der Waals surface area contributed by atoms with Crippen LogP contribution in [-0.2, 0) is 15.9 Å². The van der Waals surface area contributed by atoms with Crippen molar-refractivity contribution >= 4 is 29.0 Å². The van der Waals surface area contributed by atoms with Crippen molar-refractivity contribution in [1.82, 2.24) is 49.8 Å². The molecule has 2 unspecified atom stereocenters. The van der Waals surface area contributed by atoms with Crippen LogP contribution in [0.5, 0.6) is 0 Å². The summed E-state index contributed by atoms with van der Waals surface area (Å²) in [6.07, 6.45) is 13.4. The molecule has 268 valence electrons. The first-order chi connectivity index (χ1) is 25.5. The average Bonchev–Trinajstić information content (AvgIpc) is 4.01. The Morgan fingerprint density at radius 1 is 0.673 bits per heavy atom. The van der Waals surface area contributed by atoms with Gasteiger partial charge in [-0.15, -0.1) is 10.2 Å². The lowest BCUT2D eigenvalue weighted by molar-refractivity contribution is -0.147. The standard InChI is InChI=1S/C37H42N12O3/c38-34-42-27(19-29-44-31(46-48(29)34)25-11-5-17-51-25)36(23-9-3-1-7-21(23)13-15-40-36)33(50)37(24-10-4-2-8-22(24)14-16-41-37)28-20-30-45-32(26-12-6-18-52-26)47-49(30)35(39)43-28/h5-6,11-12,17-24,40-41H,1-4,7-10,13-16H2,(H2,38,42)(H2,39,43)/t21-,22-,23+,24+,36?,37?/m0/s1.